The lowest BCUT2D eigenvalue weighted by atomic mass is 9.95. The molecule has 7 nitrogen and oxygen atoms in total. The Kier molecular flexibility index (Phi) is 8.53. The van der Waals surface area contributed by atoms with Crippen molar-refractivity contribution in [2.45, 2.75) is 76.3 Å². The van der Waals surface area contributed by atoms with Crippen molar-refractivity contribution in [2.75, 3.05) is 19.0 Å². The average Bonchev–Trinajstić information content (AvgIpc) is 2.79. The second kappa shape index (κ2) is 11.6. The van der Waals surface area contributed by atoms with Gasteiger partial charge in [-0.15, -0.1) is 0 Å². The topological polar surface area (TPSA) is 89.0 Å². The normalized spacial score (nSPS) is 18.5. The number of nitrogens with one attached hydrogen (secondary N) is 2. The van der Waals surface area contributed by atoms with Gasteiger partial charge in [-0.3, -0.25) is 4.79 Å². The van der Waals surface area contributed by atoms with Gasteiger partial charge in [0, 0.05) is 11.7 Å². The van der Waals surface area contributed by atoms with Crippen LogP contribution >= 0.6 is 0 Å². The van der Waals surface area contributed by atoms with E-state index >= 15 is 0 Å². The quantitative estimate of drug-likeness (QED) is 0.414. The minimum atomic E-state index is -0.485. The Bertz CT molecular complexity index is 738. The number of aliphatic imine (C=N–C) groups is 1. The van der Waals surface area contributed by atoms with Gasteiger partial charge in [0.25, 0.3) is 6.02 Å². The van der Waals surface area contributed by atoms with Crippen LogP contribution in [0.3, 0.4) is 0 Å². The second-order valence-corrected chi connectivity index (χ2v) is 8.07. The fourth-order valence-electron chi connectivity index (χ4n) is 4.09. The van der Waals surface area contributed by atoms with Crippen LogP contribution in [0, 0.1) is 0 Å². The molecule has 0 aromatic heterocycles. The van der Waals surface area contributed by atoms with Crippen LogP contribution in [0.25, 0.3) is 0 Å². The summed E-state index contributed by atoms with van der Waals surface area (Å²) >= 11 is 0. The largest absolute Gasteiger partial charge is 0.468 e. The van der Waals surface area contributed by atoms with E-state index in [0.717, 1.165) is 25.7 Å². The molecule has 0 spiro atoms. The van der Waals surface area contributed by atoms with Gasteiger partial charge in [0.1, 0.15) is 6.54 Å². The highest BCUT2D eigenvalue weighted by Crippen LogP contribution is 2.22. The van der Waals surface area contributed by atoms with Crippen molar-refractivity contribution in [3.8, 4) is 0 Å². The number of methoxy groups -OCH3 is 1. The number of ether oxygens (including phenoxy) is 2. The number of esters is 2. The molecule has 30 heavy (non-hydrogen) atoms. The third-order valence-electron chi connectivity index (χ3n) is 5.79. The number of hydrogen-bond donors (Lipinski definition) is 2. The monoisotopic (exact) mass is 415 g/mol. The Labute approximate surface area is 178 Å². The van der Waals surface area contributed by atoms with Crippen molar-refractivity contribution in [1.29, 1.82) is 0 Å². The molecule has 1 aromatic carbocycles. The lowest BCUT2D eigenvalue weighted by molar-refractivity contribution is -0.138. The van der Waals surface area contributed by atoms with Crippen molar-refractivity contribution in [3.05, 3.63) is 29.8 Å². The molecule has 0 aliphatic heterocycles. The third kappa shape index (κ3) is 6.75. The first kappa shape index (κ1) is 22.1. The van der Waals surface area contributed by atoms with Crippen LogP contribution in [0.2, 0.25) is 0 Å². The van der Waals surface area contributed by atoms with Crippen molar-refractivity contribution < 1.29 is 19.1 Å². The molecule has 2 aliphatic carbocycles. The van der Waals surface area contributed by atoms with Crippen LogP contribution in [0.4, 0.5) is 5.69 Å². The summed E-state index contributed by atoms with van der Waals surface area (Å²) in [6.45, 7) is -0.0237. The highest BCUT2D eigenvalue weighted by atomic mass is 16.6. The first-order valence-electron chi connectivity index (χ1n) is 11.1. The number of nitrogens with zero attached hydrogens (tertiary/aromatic N) is 1. The molecule has 3 rings (SSSR count). The number of benzene rings is 1. The summed E-state index contributed by atoms with van der Waals surface area (Å²) < 4.78 is 10.4. The molecular formula is C23H33N3O4. The van der Waals surface area contributed by atoms with E-state index in [2.05, 4.69) is 15.4 Å². The number of anilines is 1. The molecule has 7 heteroatoms. The zero-order valence-corrected chi connectivity index (χ0v) is 17.8. The molecule has 0 bridgehead atoms. The van der Waals surface area contributed by atoms with Gasteiger partial charge in [-0.25, -0.2) is 9.79 Å². The predicted octanol–water partition coefficient (Wildman–Crippen LogP) is 4.04. The fourth-order valence-corrected chi connectivity index (χ4v) is 4.09. The molecule has 1 aromatic rings. The summed E-state index contributed by atoms with van der Waals surface area (Å²) in [6, 6.07) is 7.82. The molecule has 0 amide bonds. The Hall–Kier alpha value is -2.57. The van der Waals surface area contributed by atoms with E-state index in [9.17, 15) is 9.59 Å². The van der Waals surface area contributed by atoms with Gasteiger partial charge >= 0.3 is 11.9 Å². The fraction of sp³-hybridized carbons (Fsp3) is 0.609. The molecule has 0 radical (unpaired) electrons. The molecule has 0 heterocycles. The summed E-state index contributed by atoms with van der Waals surface area (Å²) in [5.74, 6) is -0.891. The zero-order chi connectivity index (χ0) is 21.2. The van der Waals surface area contributed by atoms with Crippen LogP contribution in [-0.4, -0.2) is 43.7 Å². The molecule has 0 saturated heterocycles. The van der Waals surface area contributed by atoms with Gasteiger partial charge in [-0.1, -0.05) is 50.7 Å². The maximum atomic E-state index is 13.0. The number of rotatable bonds is 6. The van der Waals surface area contributed by atoms with Crippen molar-refractivity contribution in [2.24, 2.45) is 4.99 Å². The van der Waals surface area contributed by atoms with E-state index in [1.165, 1.54) is 45.6 Å². The second-order valence-electron chi connectivity index (χ2n) is 8.07. The Morgan fingerprint density at radius 3 is 2.37 bits per heavy atom. The van der Waals surface area contributed by atoms with E-state index < -0.39 is 11.9 Å². The maximum Gasteiger partial charge on any atom is 0.348 e. The van der Waals surface area contributed by atoms with Crippen LogP contribution in [0.15, 0.2) is 29.3 Å². The van der Waals surface area contributed by atoms with E-state index in [1.807, 2.05) is 0 Å². The van der Waals surface area contributed by atoms with Gasteiger partial charge in [-0.05, 0) is 37.8 Å². The SMILES string of the molecule is COC(=O)CNc1ccccc1C(=O)OC(=NC1CCCCC1)NC1CCCCC1. The summed E-state index contributed by atoms with van der Waals surface area (Å²) in [7, 11) is 1.33. The summed E-state index contributed by atoms with van der Waals surface area (Å²) in [5.41, 5.74) is 0.894. The van der Waals surface area contributed by atoms with Crippen LogP contribution < -0.4 is 10.6 Å². The number of carbonyl (C=O) groups is 2. The van der Waals surface area contributed by atoms with Gasteiger partial charge in [0.2, 0.25) is 0 Å². The molecule has 164 valence electrons. The van der Waals surface area contributed by atoms with Crippen LogP contribution in [0.5, 0.6) is 0 Å². The highest BCUT2D eigenvalue weighted by molar-refractivity contribution is 6.02. The van der Waals surface area contributed by atoms with E-state index in [-0.39, 0.29) is 12.6 Å². The molecular weight excluding hydrogens is 382 g/mol. The summed E-state index contributed by atoms with van der Waals surface area (Å²) in [5, 5.41) is 6.34. The minimum Gasteiger partial charge on any atom is -0.468 e. The minimum absolute atomic E-state index is 0.0237. The Balaban J connectivity index is 1.72. The molecule has 2 aliphatic rings. The van der Waals surface area contributed by atoms with Gasteiger partial charge in [0.05, 0.1) is 18.7 Å². The Morgan fingerprint density at radius 1 is 1.00 bits per heavy atom. The molecule has 0 atom stereocenters. The Morgan fingerprint density at radius 2 is 1.67 bits per heavy atom. The van der Waals surface area contributed by atoms with Gasteiger partial charge < -0.3 is 20.1 Å². The molecule has 2 fully saturated rings. The average molecular weight is 416 g/mol. The number of hydrogen-bond acceptors (Lipinski definition) is 6. The van der Waals surface area contributed by atoms with Gasteiger partial charge in [-0.2, -0.15) is 0 Å². The first-order valence-corrected chi connectivity index (χ1v) is 11.1. The van der Waals surface area contributed by atoms with Crippen LogP contribution in [-0.2, 0) is 14.3 Å². The third-order valence-corrected chi connectivity index (χ3v) is 5.79. The van der Waals surface area contributed by atoms with Crippen LogP contribution in [0.1, 0.15) is 74.6 Å². The number of amidine groups is 1. The number of para-hydroxylation sites is 1. The van der Waals surface area contributed by atoms with Crippen molar-refractivity contribution in [3.63, 3.8) is 0 Å². The maximum absolute atomic E-state index is 13.0. The predicted molar refractivity (Wildman–Crippen MR) is 117 cm³/mol. The standard InChI is InChI=1S/C23H33N3O4/c1-29-21(27)16-24-20-15-9-8-14-19(20)22(28)30-23(25-17-10-4-2-5-11-17)26-18-12-6-3-7-13-18/h8-9,14-15,17-18,24H,2-7,10-13,16H2,1H3,(H,25,26). The summed E-state index contributed by atoms with van der Waals surface area (Å²) in [4.78, 5) is 29.2. The summed E-state index contributed by atoms with van der Waals surface area (Å²) in [6.07, 6.45) is 11.4. The molecule has 0 unspecified atom stereocenters. The van der Waals surface area contributed by atoms with Crippen molar-refractivity contribution in [1.82, 2.24) is 5.32 Å². The first-order chi connectivity index (χ1) is 14.7. The van der Waals surface area contributed by atoms with Gasteiger partial charge in [0.15, 0.2) is 0 Å². The van der Waals surface area contributed by atoms with E-state index in [4.69, 9.17) is 9.73 Å². The molecule has 2 saturated carbocycles. The highest BCUT2D eigenvalue weighted by Gasteiger charge is 2.22. The molecule has 2 N–H and O–H groups in total. The number of carbonyl (C=O) groups excluding carboxylic acids is 2. The van der Waals surface area contributed by atoms with E-state index in [0.29, 0.717) is 23.3 Å². The zero-order valence-electron chi connectivity index (χ0n) is 17.8. The lowest BCUT2D eigenvalue weighted by Gasteiger charge is -2.25. The smallest absolute Gasteiger partial charge is 0.348 e. The van der Waals surface area contributed by atoms with Crippen molar-refractivity contribution >= 4 is 23.6 Å². The lowest BCUT2D eigenvalue weighted by Crippen LogP contribution is -2.39. The van der Waals surface area contributed by atoms with E-state index in [1.54, 1.807) is 24.3 Å².